The van der Waals surface area contributed by atoms with E-state index in [0.717, 1.165) is 18.7 Å². The number of methoxy groups -OCH3 is 1. The fourth-order valence-corrected chi connectivity index (χ4v) is 3.21. The van der Waals surface area contributed by atoms with E-state index in [-0.39, 0.29) is 11.7 Å². The number of hydrogen-bond acceptors (Lipinski definition) is 6. The van der Waals surface area contributed by atoms with E-state index in [2.05, 4.69) is 22.1 Å². The maximum Gasteiger partial charge on any atom is 0.257 e. The van der Waals surface area contributed by atoms with Gasteiger partial charge in [-0.15, -0.1) is 16.8 Å². The highest BCUT2D eigenvalue weighted by atomic mass is 32.2. The minimum absolute atomic E-state index is 0.0852. The van der Waals surface area contributed by atoms with Crippen molar-refractivity contribution in [2.24, 2.45) is 0 Å². The molecule has 0 unspecified atom stereocenters. The first-order valence-corrected chi connectivity index (χ1v) is 9.26. The molecule has 8 heteroatoms. The van der Waals surface area contributed by atoms with Gasteiger partial charge in [-0.1, -0.05) is 17.8 Å². The van der Waals surface area contributed by atoms with Crippen LogP contribution in [0.1, 0.15) is 34.9 Å². The summed E-state index contributed by atoms with van der Waals surface area (Å²) in [6.45, 7) is 4.36. The first-order chi connectivity index (χ1) is 12.6. The molecule has 2 aromatic rings. The molecule has 0 atom stereocenters. The molecule has 0 radical (unpaired) electrons. The monoisotopic (exact) mass is 372 g/mol. The van der Waals surface area contributed by atoms with Gasteiger partial charge in [0.05, 0.1) is 12.9 Å². The lowest BCUT2D eigenvalue weighted by molar-refractivity contribution is -0.117. The third-order valence-corrected chi connectivity index (χ3v) is 4.90. The lowest BCUT2D eigenvalue weighted by Crippen LogP contribution is -2.31. The van der Waals surface area contributed by atoms with Crippen molar-refractivity contribution < 1.29 is 14.3 Å². The summed E-state index contributed by atoms with van der Waals surface area (Å²) in [7, 11) is 1.55. The molecule has 0 saturated heterocycles. The number of aromatic nitrogens is 3. The molecule has 136 valence electrons. The van der Waals surface area contributed by atoms with Gasteiger partial charge in [0.15, 0.2) is 5.16 Å². The quantitative estimate of drug-likeness (QED) is 0.566. The van der Waals surface area contributed by atoms with Crippen molar-refractivity contribution in [3.63, 3.8) is 0 Å². The van der Waals surface area contributed by atoms with Crippen LogP contribution >= 0.6 is 11.8 Å². The number of carbonyl (C=O) groups is 2. The van der Waals surface area contributed by atoms with Gasteiger partial charge in [-0.25, -0.2) is 0 Å². The van der Waals surface area contributed by atoms with Crippen LogP contribution in [0.25, 0.3) is 0 Å². The van der Waals surface area contributed by atoms with E-state index < -0.39 is 5.91 Å². The van der Waals surface area contributed by atoms with E-state index in [9.17, 15) is 9.59 Å². The van der Waals surface area contributed by atoms with Gasteiger partial charge in [-0.2, -0.15) is 0 Å². The first kappa shape index (κ1) is 18.2. The second kappa shape index (κ2) is 8.18. The predicted molar refractivity (Wildman–Crippen MR) is 98.4 cm³/mol. The number of hydrogen-bond donors (Lipinski definition) is 1. The Kier molecular flexibility index (Phi) is 5.72. The summed E-state index contributed by atoms with van der Waals surface area (Å²) in [5, 5.41) is 11.5. The van der Waals surface area contributed by atoms with Crippen LogP contribution < -0.4 is 10.1 Å². The molecular weight excluding hydrogens is 352 g/mol. The van der Waals surface area contributed by atoms with Crippen LogP contribution in [0.3, 0.4) is 0 Å². The van der Waals surface area contributed by atoms with Gasteiger partial charge in [0.1, 0.15) is 11.6 Å². The summed E-state index contributed by atoms with van der Waals surface area (Å²) in [6.07, 6.45) is 4.03. The van der Waals surface area contributed by atoms with Crippen LogP contribution in [0.2, 0.25) is 0 Å². The van der Waals surface area contributed by atoms with Crippen LogP contribution in [-0.2, 0) is 11.3 Å². The van der Waals surface area contributed by atoms with E-state index in [4.69, 9.17) is 4.74 Å². The third kappa shape index (κ3) is 4.32. The number of benzene rings is 1. The van der Waals surface area contributed by atoms with Crippen molar-refractivity contribution in [3.05, 3.63) is 48.3 Å². The standard InChI is InChI=1S/C18H20N4O3S/c1-3-10-22-16(12-4-5-12)20-21-18(22)26-11-15(23)19-17(24)13-6-8-14(25-2)9-7-13/h3,6-9,12H,1,4-5,10-11H2,2H3,(H,19,23,24). The Labute approximate surface area is 155 Å². The van der Waals surface area contributed by atoms with Crippen molar-refractivity contribution in [1.29, 1.82) is 0 Å². The van der Waals surface area contributed by atoms with Crippen LogP contribution in [0.5, 0.6) is 5.75 Å². The largest absolute Gasteiger partial charge is 0.497 e. The van der Waals surface area contributed by atoms with Crippen LogP contribution in [-0.4, -0.2) is 39.4 Å². The fraction of sp³-hybridized carbons (Fsp3) is 0.333. The number of thioether (sulfide) groups is 1. The highest BCUT2D eigenvalue weighted by molar-refractivity contribution is 7.99. The van der Waals surface area contributed by atoms with Crippen LogP contribution in [0.4, 0.5) is 0 Å². The molecule has 1 aromatic heterocycles. The molecular formula is C18H20N4O3S. The highest BCUT2D eigenvalue weighted by Crippen LogP contribution is 2.40. The molecule has 1 N–H and O–H groups in total. The molecule has 0 aliphatic heterocycles. The Morgan fingerprint density at radius 2 is 2.08 bits per heavy atom. The maximum atomic E-state index is 12.1. The smallest absolute Gasteiger partial charge is 0.257 e. The zero-order valence-corrected chi connectivity index (χ0v) is 15.3. The molecule has 1 heterocycles. The molecule has 0 bridgehead atoms. The van der Waals surface area contributed by atoms with Gasteiger partial charge >= 0.3 is 0 Å². The second-order valence-corrected chi connectivity index (χ2v) is 6.85. The molecule has 1 fully saturated rings. The van der Waals surface area contributed by atoms with Gasteiger partial charge in [0, 0.05) is 18.0 Å². The summed E-state index contributed by atoms with van der Waals surface area (Å²) >= 11 is 1.26. The summed E-state index contributed by atoms with van der Waals surface area (Å²) in [6, 6.07) is 6.56. The Balaban J connectivity index is 1.56. The van der Waals surface area contributed by atoms with Crippen molar-refractivity contribution in [2.45, 2.75) is 30.5 Å². The Morgan fingerprint density at radius 3 is 2.69 bits per heavy atom. The number of imide groups is 1. The molecule has 1 saturated carbocycles. The van der Waals surface area contributed by atoms with E-state index in [1.54, 1.807) is 37.5 Å². The second-order valence-electron chi connectivity index (χ2n) is 5.91. The summed E-state index contributed by atoms with van der Waals surface area (Å²) in [5.41, 5.74) is 0.398. The summed E-state index contributed by atoms with van der Waals surface area (Å²) in [5.74, 6) is 1.32. The minimum atomic E-state index is -0.440. The fourth-order valence-electron chi connectivity index (χ4n) is 2.46. The van der Waals surface area contributed by atoms with Crippen LogP contribution in [0, 0.1) is 0 Å². The first-order valence-electron chi connectivity index (χ1n) is 8.27. The number of amides is 2. The summed E-state index contributed by atoms with van der Waals surface area (Å²) < 4.78 is 7.03. The van der Waals surface area contributed by atoms with E-state index in [1.165, 1.54) is 11.8 Å². The number of nitrogens with one attached hydrogen (secondary N) is 1. The topological polar surface area (TPSA) is 86.1 Å². The molecule has 1 aliphatic rings. The van der Waals surface area contributed by atoms with Crippen LogP contribution in [0.15, 0.2) is 42.1 Å². The van der Waals surface area contributed by atoms with Gasteiger partial charge in [0.2, 0.25) is 5.91 Å². The van der Waals surface area contributed by atoms with Crippen molar-refractivity contribution in [2.75, 3.05) is 12.9 Å². The van der Waals surface area contributed by atoms with E-state index in [1.807, 2.05) is 4.57 Å². The van der Waals surface area contributed by atoms with E-state index >= 15 is 0 Å². The number of nitrogens with zero attached hydrogens (tertiary/aromatic N) is 3. The predicted octanol–water partition coefficient (Wildman–Crippen LogP) is 2.40. The number of rotatable bonds is 8. The zero-order valence-electron chi connectivity index (χ0n) is 14.5. The Morgan fingerprint density at radius 1 is 1.35 bits per heavy atom. The summed E-state index contributed by atoms with van der Waals surface area (Å²) in [4.78, 5) is 24.2. The lowest BCUT2D eigenvalue weighted by atomic mass is 10.2. The molecule has 3 rings (SSSR count). The Hall–Kier alpha value is -2.61. The SMILES string of the molecule is C=CCn1c(SCC(=O)NC(=O)c2ccc(OC)cc2)nnc1C1CC1. The zero-order chi connectivity index (χ0) is 18.5. The third-order valence-electron chi connectivity index (χ3n) is 3.94. The maximum absolute atomic E-state index is 12.1. The van der Waals surface area contributed by atoms with E-state index in [0.29, 0.717) is 28.9 Å². The molecule has 7 nitrogen and oxygen atoms in total. The normalized spacial score (nSPS) is 13.3. The average molecular weight is 372 g/mol. The van der Waals surface area contributed by atoms with Gasteiger partial charge < -0.3 is 9.30 Å². The molecule has 0 spiro atoms. The Bertz CT molecular complexity index is 812. The number of carbonyl (C=O) groups excluding carboxylic acids is 2. The van der Waals surface area contributed by atoms with Crippen molar-refractivity contribution in [1.82, 2.24) is 20.1 Å². The van der Waals surface area contributed by atoms with Crippen molar-refractivity contribution in [3.8, 4) is 5.75 Å². The van der Waals surface area contributed by atoms with Crippen molar-refractivity contribution >= 4 is 23.6 Å². The average Bonchev–Trinajstić information content (AvgIpc) is 3.42. The van der Waals surface area contributed by atoms with Gasteiger partial charge in [0.25, 0.3) is 5.91 Å². The minimum Gasteiger partial charge on any atom is -0.497 e. The molecule has 26 heavy (non-hydrogen) atoms. The number of allylic oxidation sites excluding steroid dienone is 1. The molecule has 2 amide bonds. The molecule has 1 aromatic carbocycles. The van der Waals surface area contributed by atoms with Gasteiger partial charge in [-0.3, -0.25) is 14.9 Å². The van der Waals surface area contributed by atoms with Gasteiger partial charge in [-0.05, 0) is 37.1 Å². The number of ether oxygens (including phenoxy) is 1. The molecule has 1 aliphatic carbocycles. The highest BCUT2D eigenvalue weighted by Gasteiger charge is 2.30. The lowest BCUT2D eigenvalue weighted by Gasteiger charge is -2.07.